The number of esters is 1. The average Bonchev–Trinajstić information content (AvgIpc) is 2.83. The fraction of sp³-hybridized carbons (Fsp3) is 0.167. The van der Waals surface area contributed by atoms with Gasteiger partial charge < -0.3 is 9.30 Å². The van der Waals surface area contributed by atoms with Gasteiger partial charge in [0, 0.05) is 36.5 Å². The van der Waals surface area contributed by atoms with Crippen molar-refractivity contribution >= 4 is 23.4 Å². The van der Waals surface area contributed by atoms with Gasteiger partial charge in [0.1, 0.15) is 0 Å². The summed E-state index contributed by atoms with van der Waals surface area (Å²) in [7, 11) is 3.05. The third-order valence-corrected chi connectivity index (χ3v) is 3.71. The maximum Gasteiger partial charge on any atom is 0.339 e. The molecule has 1 heterocycles. The molecular formula is C12H11N3O4S. The van der Waals surface area contributed by atoms with Crippen molar-refractivity contribution in [2.24, 2.45) is 7.05 Å². The minimum Gasteiger partial charge on any atom is -0.465 e. The van der Waals surface area contributed by atoms with Crippen molar-refractivity contribution in [2.75, 3.05) is 7.11 Å². The monoisotopic (exact) mass is 293 g/mol. The molecule has 0 radical (unpaired) electrons. The molecule has 0 aliphatic heterocycles. The molecule has 1 aromatic heterocycles. The average molecular weight is 293 g/mol. The number of nitrogens with zero attached hydrogens (tertiary/aromatic N) is 3. The molecule has 1 aromatic carbocycles. The molecule has 0 aliphatic carbocycles. The van der Waals surface area contributed by atoms with Crippen LogP contribution in [0.15, 0.2) is 40.6 Å². The Morgan fingerprint density at radius 2 is 2.25 bits per heavy atom. The quantitative estimate of drug-likeness (QED) is 0.488. The predicted molar refractivity (Wildman–Crippen MR) is 71.8 cm³/mol. The van der Waals surface area contributed by atoms with E-state index in [1.807, 2.05) is 7.05 Å². The SMILES string of the molecule is COC(=O)c1cc([N+](=O)[O-])ccc1Sc1nccn1C. The van der Waals surface area contributed by atoms with E-state index < -0.39 is 10.9 Å². The summed E-state index contributed by atoms with van der Waals surface area (Å²) in [6.07, 6.45) is 3.40. The Kier molecular flexibility index (Phi) is 4.04. The molecule has 2 rings (SSSR count). The van der Waals surface area contributed by atoms with Crippen LogP contribution >= 0.6 is 11.8 Å². The number of hydrogen-bond donors (Lipinski definition) is 0. The van der Waals surface area contributed by atoms with Crippen molar-refractivity contribution in [3.05, 3.63) is 46.3 Å². The highest BCUT2D eigenvalue weighted by atomic mass is 32.2. The van der Waals surface area contributed by atoms with E-state index in [4.69, 9.17) is 0 Å². The maximum absolute atomic E-state index is 11.7. The lowest BCUT2D eigenvalue weighted by Crippen LogP contribution is -2.04. The number of benzene rings is 1. The van der Waals surface area contributed by atoms with E-state index in [1.54, 1.807) is 17.0 Å². The topological polar surface area (TPSA) is 87.3 Å². The summed E-state index contributed by atoms with van der Waals surface area (Å²) in [5.74, 6) is -0.620. The number of nitro benzene ring substituents is 1. The van der Waals surface area contributed by atoms with Gasteiger partial charge in [0.25, 0.3) is 5.69 Å². The first-order valence-corrected chi connectivity index (χ1v) is 6.36. The third-order valence-electron chi connectivity index (χ3n) is 2.56. The molecule has 104 valence electrons. The Bertz CT molecular complexity index is 668. The molecule has 8 heteroatoms. The minimum atomic E-state index is -0.620. The Hall–Kier alpha value is -2.35. The van der Waals surface area contributed by atoms with Crippen molar-refractivity contribution in [2.45, 2.75) is 10.1 Å². The molecule has 0 bridgehead atoms. The van der Waals surface area contributed by atoms with E-state index in [2.05, 4.69) is 9.72 Å². The lowest BCUT2D eigenvalue weighted by atomic mass is 10.2. The standard InChI is InChI=1S/C12H11N3O4S/c1-14-6-5-13-12(14)20-10-4-3-8(15(17)18)7-9(10)11(16)19-2/h3-7H,1-2H3. The highest BCUT2D eigenvalue weighted by molar-refractivity contribution is 7.99. The second-order valence-corrected chi connectivity index (χ2v) is 4.86. The summed E-state index contributed by atoms with van der Waals surface area (Å²) >= 11 is 1.24. The van der Waals surface area contributed by atoms with Gasteiger partial charge in [-0.15, -0.1) is 0 Å². The van der Waals surface area contributed by atoms with Crippen LogP contribution in [0.4, 0.5) is 5.69 Å². The van der Waals surface area contributed by atoms with Crippen LogP contribution in [0.2, 0.25) is 0 Å². The smallest absolute Gasteiger partial charge is 0.339 e. The molecule has 2 aromatic rings. The Labute approximate surface area is 118 Å². The van der Waals surface area contributed by atoms with Gasteiger partial charge in [-0.1, -0.05) is 11.8 Å². The first-order valence-electron chi connectivity index (χ1n) is 5.55. The number of methoxy groups -OCH3 is 1. The number of aromatic nitrogens is 2. The summed E-state index contributed by atoms with van der Waals surface area (Å²) in [5, 5.41) is 11.4. The summed E-state index contributed by atoms with van der Waals surface area (Å²) in [6.45, 7) is 0. The largest absolute Gasteiger partial charge is 0.465 e. The molecule has 0 atom stereocenters. The lowest BCUT2D eigenvalue weighted by Gasteiger charge is -2.07. The Morgan fingerprint density at radius 3 is 2.80 bits per heavy atom. The lowest BCUT2D eigenvalue weighted by molar-refractivity contribution is -0.384. The van der Waals surface area contributed by atoms with Crippen molar-refractivity contribution in [3.63, 3.8) is 0 Å². The van der Waals surface area contributed by atoms with Crippen LogP contribution in [0.5, 0.6) is 0 Å². The number of carbonyl (C=O) groups excluding carboxylic acids is 1. The zero-order valence-electron chi connectivity index (χ0n) is 10.8. The normalized spacial score (nSPS) is 10.3. The maximum atomic E-state index is 11.7. The number of aryl methyl sites for hydroxylation is 1. The van der Waals surface area contributed by atoms with Crippen LogP contribution in [0.25, 0.3) is 0 Å². The summed E-state index contributed by atoms with van der Waals surface area (Å²) < 4.78 is 6.44. The van der Waals surface area contributed by atoms with Crippen LogP contribution in [0, 0.1) is 10.1 Å². The molecule has 0 fully saturated rings. The van der Waals surface area contributed by atoms with E-state index in [0.717, 1.165) is 0 Å². The van der Waals surface area contributed by atoms with Gasteiger partial charge in [0.2, 0.25) is 0 Å². The fourth-order valence-corrected chi connectivity index (χ4v) is 2.44. The molecule has 0 spiro atoms. The minimum absolute atomic E-state index is 0.148. The van der Waals surface area contributed by atoms with Crippen LogP contribution in [-0.2, 0) is 11.8 Å². The van der Waals surface area contributed by atoms with Gasteiger partial charge in [-0.2, -0.15) is 0 Å². The molecule has 0 saturated heterocycles. The first kappa shape index (κ1) is 14.1. The summed E-state index contributed by atoms with van der Waals surface area (Å²) in [6, 6.07) is 4.07. The number of non-ortho nitro benzene ring substituents is 1. The molecule has 0 N–H and O–H groups in total. The summed E-state index contributed by atoms with van der Waals surface area (Å²) in [5.41, 5.74) is -0.00992. The number of imidazole rings is 1. The molecule has 7 nitrogen and oxygen atoms in total. The molecule has 0 unspecified atom stereocenters. The second kappa shape index (κ2) is 5.74. The van der Waals surface area contributed by atoms with E-state index in [9.17, 15) is 14.9 Å². The highest BCUT2D eigenvalue weighted by Gasteiger charge is 2.19. The van der Waals surface area contributed by atoms with Gasteiger partial charge in [-0.05, 0) is 6.07 Å². The molecule has 0 amide bonds. The van der Waals surface area contributed by atoms with E-state index in [0.29, 0.717) is 10.1 Å². The van der Waals surface area contributed by atoms with Crippen LogP contribution < -0.4 is 0 Å². The van der Waals surface area contributed by atoms with Crippen LogP contribution in [0.1, 0.15) is 10.4 Å². The van der Waals surface area contributed by atoms with Gasteiger partial charge in [0.15, 0.2) is 5.16 Å². The van der Waals surface area contributed by atoms with Gasteiger partial charge >= 0.3 is 5.97 Å². The molecule has 0 saturated carbocycles. The summed E-state index contributed by atoms with van der Waals surface area (Å²) in [4.78, 5) is 26.6. The van der Waals surface area contributed by atoms with Gasteiger partial charge in [-0.25, -0.2) is 9.78 Å². The number of nitro groups is 1. The van der Waals surface area contributed by atoms with Gasteiger partial charge in [0.05, 0.1) is 17.6 Å². The number of carbonyl (C=O) groups is 1. The highest BCUT2D eigenvalue weighted by Crippen LogP contribution is 2.31. The zero-order valence-corrected chi connectivity index (χ0v) is 11.6. The van der Waals surface area contributed by atoms with Crippen molar-refractivity contribution < 1.29 is 14.5 Å². The van der Waals surface area contributed by atoms with E-state index in [-0.39, 0.29) is 11.3 Å². The van der Waals surface area contributed by atoms with Crippen molar-refractivity contribution in [1.29, 1.82) is 0 Å². The van der Waals surface area contributed by atoms with E-state index >= 15 is 0 Å². The molecule has 20 heavy (non-hydrogen) atoms. The van der Waals surface area contributed by atoms with Crippen molar-refractivity contribution in [1.82, 2.24) is 9.55 Å². The Morgan fingerprint density at radius 1 is 1.50 bits per heavy atom. The fourth-order valence-electron chi connectivity index (χ4n) is 1.54. The van der Waals surface area contributed by atoms with E-state index in [1.165, 1.54) is 37.1 Å². The van der Waals surface area contributed by atoms with Gasteiger partial charge in [-0.3, -0.25) is 10.1 Å². The zero-order chi connectivity index (χ0) is 14.7. The number of hydrogen-bond acceptors (Lipinski definition) is 6. The third kappa shape index (κ3) is 2.80. The molecular weight excluding hydrogens is 282 g/mol. The Balaban J connectivity index is 2.44. The van der Waals surface area contributed by atoms with Crippen LogP contribution in [0.3, 0.4) is 0 Å². The second-order valence-electron chi connectivity index (χ2n) is 3.85. The first-order chi connectivity index (χ1) is 9.52. The van der Waals surface area contributed by atoms with Crippen LogP contribution in [-0.4, -0.2) is 27.6 Å². The molecule has 0 aliphatic rings. The van der Waals surface area contributed by atoms with Crippen molar-refractivity contribution in [3.8, 4) is 0 Å². The number of rotatable bonds is 4. The number of ether oxygens (including phenoxy) is 1. The predicted octanol–water partition coefficient (Wildman–Crippen LogP) is 2.27.